The van der Waals surface area contributed by atoms with Gasteiger partial charge in [0.25, 0.3) is 5.91 Å². The lowest BCUT2D eigenvalue weighted by atomic mass is 10.1. The predicted octanol–water partition coefficient (Wildman–Crippen LogP) is 4.05. The van der Waals surface area contributed by atoms with E-state index in [-0.39, 0.29) is 12.5 Å². The second-order valence-electron chi connectivity index (χ2n) is 7.78. The van der Waals surface area contributed by atoms with Crippen LogP contribution in [0.2, 0.25) is 0 Å². The molecule has 7 nitrogen and oxygen atoms in total. The van der Waals surface area contributed by atoms with Crippen LogP contribution in [-0.4, -0.2) is 50.2 Å². The highest BCUT2D eigenvalue weighted by molar-refractivity contribution is 7.25. The Labute approximate surface area is 182 Å². The number of carbonyl (C=O) groups excluding carboxylic acids is 1. The van der Waals surface area contributed by atoms with Crippen molar-refractivity contribution in [2.75, 3.05) is 18.4 Å². The molecule has 1 atom stereocenters. The molecule has 3 aromatic heterocycles. The first-order chi connectivity index (χ1) is 15.0. The van der Waals surface area contributed by atoms with Gasteiger partial charge in [0.2, 0.25) is 0 Å². The zero-order valence-electron chi connectivity index (χ0n) is 17.2. The van der Waals surface area contributed by atoms with Crippen molar-refractivity contribution in [2.45, 2.75) is 33.0 Å². The average molecular weight is 437 g/mol. The van der Waals surface area contributed by atoms with Crippen molar-refractivity contribution in [2.24, 2.45) is 0 Å². The summed E-state index contributed by atoms with van der Waals surface area (Å²) in [5.74, 6) is 0.630. The molecule has 4 heterocycles. The minimum absolute atomic E-state index is 0.116. The Balaban J connectivity index is 1.35. The van der Waals surface area contributed by atoms with Gasteiger partial charge in [-0.1, -0.05) is 12.1 Å². The van der Waals surface area contributed by atoms with Crippen molar-refractivity contribution in [1.82, 2.24) is 25.1 Å². The molecule has 0 bridgehead atoms. The van der Waals surface area contributed by atoms with E-state index in [1.54, 1.807) is 23.4 Å². The lowest BCUT2D eigenvalue weighted by Gasteiger charge is -2.15. The predicted molar refractivity (Wildman–Crippen MR) is 119 cm³/mol. The third kappa shape index (κ3) is 3.59. The van der Waals surface area contributed by atoms with Gasteiger partial charge in [0.15, 0.2) is 0 Å². The van der Waals surface area contributed by atoms with Crippen LogP contribution < -0.4 is 5.32 Å². The third-order valence-corrected chi connectivity index (χ3v) is 6.81. The SMILES string of the molecule is Cc1nnc2sc3c(NCc4ccc(C(=O)N5CC[C@@H](F)C5)cc4)ncnc3c2c1C. The van der Waals surface area contributed by atoms with Gasteiger partial charge < -0.3 is 10.2 Å². The lowest BCUT2D eigenvalue weighted by Crippen LogP contribution is -2.28. The molecule has 0 spiro atoms. The van der Waals surface area contributed by atoms with Crippen molar-refractivity contribution in [3.63, 3.8) is 0 Å². The second-order valence-corrected chi connectivity index (χ2v) is 8.78. The van der Waals surface area contributed by atoms with Gasteiger partial charge in [-0.2, -0.15) is 5.10 Å². The minimum atomic E-state index is -0.912. The normalized spacial score (nSPS) is 16.4. The maximum Gasteiger partial charge on any atom is 0.253 e. The van der Waals surface area contributed by atoms with Gasteiger partial charge in [-0.15, -0.1) is 16.4 Å². The van der Waals surface area contributed by atoms with Gasteiger partial charge in [0.05, 0.1) is 22.5 Å². The van der Waals surface area contributed by atoms with Gasteiger partial charge in [-0.05, 0) is 43.5 Å². The third-order valence-electron chi connectivity index (χ3n) is 5.74. The van der Waals surface area contributed by atoms with E-state index < -0.39 is 6.17 Å². The molecular weight excluding hydrogens is 415 g/mol. The number of fused-ring (bicyclic) bond motifs is 3. The minimum Gasteiger partial charge on any atom is -0.365 e. The van der Waals surface area contributed by atoms with Gasteiger partial charge in [0.1, 0.15) is 23.1 Å². The van der Waals surface area contributed by atoms with Crippen molar-refractivity contribution < 1.29 is 9.18 Å². The van der Waals surface area contributed by atoms with E-state index in [1.807, 2.05) is 26.0 Å². The number of nitrogens with zero attached hydrogens (tertiary/aromatic N) is 5. The summed E-state index contributed by atoms with van der Waals surface area (Å²) in [6.07, 6.45) is 1.07. The summed E-state index contributed by atoms with van der Waals surface area (Å²) >= 11 is 1.52. The van der Waals surface area contributed by atoms with Crippen molar-refractivity contribution in [1.29, 1.82) is 0 Å². The zero-order valence-corrected chi connectivity index (χ0v) is 18.0. The number of amides is 1. The highest BCUT2D eigenvalue weighted by atomic mass is 32.1. The molecule has 1 amide bonds. The van der Waals surface area contributed by atoms with E-state index in [2.05, 4.69) is 25.5 Å². The summed E-state index contributed by atoms with van der Waals surface area (Å²) in [7, 11) is 0. The van der Waals surface area contributed by atoms with Crippen molar-refractivity contribution in [3.8, 4) is 0 Å². The molecule has 0 radical (unpaired) electrons. The van der Waals surface area contributed by atoms with Gasteiger partial charge >= 0.3 is 0 Å². The van der Waals surface area contributed by atoms with Crippen LogP contribution in [-0.2, 0) is 6.54 Å². The number of hydrogen-bond donors (Lipinski definition) is 1. The first kappa shape index (κ1) is 19.7. The molecule has 1 aliphatic rings. The van der Waals surface area contributed by atoms with E-state index in [4.69, 9.17) is 0 Å². The van der Waals surface area contributed by atoms with Gasteiger partial charge in [0, 0.05) is 24.0 Å². The van der Waals surface area contributed by atoms with Crippen molar-refractivity contribution in [3.05, 3.63) is 53.0 Å². The number of aromatic nitrogens is 4. The molecule has 9 heteroatoms. The first-order valence-electron chi connectivity index (χ1n) is 10.1. The Bertz CT molecular complexity index is 1290. The van der Waals surface area contributed by atoms with Crippen LogP contribution in [0.5, 0.6) is 0 Å². The number of alkyl halides is 1. The quantitative estimate of drug-likeness (QED) is 0.520. The molecular formula is C22H21FN6OS. The number of aryl methyl sites for hydroxylation is 2. The fourth-order valence-corrected chi connectivity index (χ4v) is 4.94. The Hall–Kier alpha value is -3.20. The molecule has 1 aromatic carbocycles. The number of nitrogens with one attached hydrogen (secondary N) is 1. The molecule has 5 rings (SSSR count). The van der Waals surface area contributed by atoms with Crippen LogP contribution >= 0.6 is 11.3 Å². The Morgan fingerprint density at radius 3 is 2.77 bits per heavy atom. The number of rotatable bonds is 4. The summed E-state index contributed by atoms with van der Waals surface area (Å²) in [5, 5.41) is 12.9. The Morgan fingerprint density at radius 1 is 1.23 bits per heavy atom. The molecule has 0 aliphatic carbocycles. The summed E-state index contributed by atoms with van der Waals surface area (Å²) in [6.45, 7) is 5.19. The van der Waals surface area contributed by atoms with Crippen LogP contribution in [0.25, 0.3) is 20.4 Å². The zero-order chi connectivity index (χ0) is 21.5. The smallest absolute Gasteiger partial charge is 0.253 e. The number of halogens is 1. The topological polar surface area (TPSA) is 83.9 Å². The standard InChI is InChI=1S/C22H21FN6OS/c1-12-13(2)27-28-21-17(12)18-19(31-21)20(26-11-25-18)24-9-14-3-5-15(6-4-14)22(30)29-8-7-16(23)10-29/h3-6,11,16H,7-10H2,1-2H3,(H,24,25,26)/t16-/m1/s1. The molecule has 4 aromatic rings. The van der Waals surface area contributed by atoms with E-state index in [9.17, 15) is 9.18 Å². The van der Waals surface area contributed by atoms with Crippen LogP contribution in [0.15, 0.2) is 30.6 Å². The monoisotopic (exact) mass is 436 g/mol. The van der Waals surface area contributed by atoms with E-state index >= 15 is 0 Å². The molecule has 0 saturated carbocycles. The number of anilines is 1. The summed E-state index contributed by atoms with van der Waals surface area (Å²) < 4.78 is 14.3. The van der Waals surface area contributed by atoms with E-state index in [0.717, 1.165) is 43.1 Å². The molecule has 0 unspecified atom stereocenters. The largest absolute Gasteiger partial charge is 0.365 e. The maximum absolute atomic E-state index is 13.4. The maximum atomic E-state index is 13.4. The number of likely N-dealkylation sites (tertiary alicyclic amines) is 1. The molecule has 1 N–H and O–H groups in total. The number of benzene rings is 1. The second kappa shape index (κ2) is 7.81. The van der Waals surface area contributed by atoms with Gasteiger partial charge in [-0.3, -0.25) is 4.79 Å². The van der Waals surface area contributed by atoms with Crippen LogP contribution in [0, 0.1) is 13.8 Å². The molecule has 1 fully saturated rings. The molecule has 1 saturated heterocycles. The Morgan fingerprint density at radius 2 is 2.03 bits per heavy atom. The summed E-state index contributed by atoms with van der Waals surface area (Å²) in [4.78, 5) is 23.8. The molecule has 1 aliphatic heterocycles. The summed E-state index contributed by atoms with van der Waals surface area (Å²) in [6, 6.07) is 7.40. The first-order valence-corrected chi connectivity index (χ1v) is 11.0. The fourth-order valence-electron chi connectivity index (χ4n) is 3.84. The fraction of sp³-hybridized carbons (Fsp3) is 0.318. The van der Waals surface area contributed by atoms with Crippen LogP contribution in [0.4, 0.5) is 10.2 Å². The van der Waals surface area contributed by atoms with Crippen molar-refractivity contribution >= 4 is 43.5 Å². The number of carbonyl (C=O) groups is 1. The Kier molecular flexibility index (Phi) is 4.97. The van der Waals surface area contributed by atoms with Crippen LogP contribution in [0.1, 0.15) is 33.6 Å². The van der Waals surface area contributed by atoms with E-state index in [1.165, 1.54) is 11.3 Å². The van der Waals surface area contributed by atoms with E-state index in [0.29, 0.717) is 25.1 Å². The lowest BCUT2D eigenvalue weighted by molar-refractivity contribution is 0.0783. The molecule has 31 heavy (non-hydrogen) atoms. The number of thiophene rings is 1. The van der Waals surface area contributed by atoms with Gasteiger partial charge in [-0.25, -0.2) is 14.4 Å². The highest BCUT2D eigenvalue weighted by Crippen LogP contribution is 2.36. The highest BCUT2D eigenvalue weighted by Gasteiger charge is 2.26. The average Bonchev–Trinajstić information content (AvgIpc) is 3.39. The van der Waals surface area contributed by atoms with Crippen LogP contribution in [0.3, 0.4) is 0 Å². The molecule has 158 valence electrons. The summed E-state index contributed by atoms with van der Waals surface area (Å²) in [5.41, 5.74) is 4.45. The number of hydrogen-bond acceptors (Lipinski definition) is 7.